The molecule has 39 heavy (non-hydrogen) atoms. The average molecular weight is 540 g/mol. The van der Waals surface area contributed by atoms with Crippen molar-refractivity contribution in [3.05, 3.63) is 106 Å². The molecule has 10 heteroatoms. The number of hydrogen-bond donors (Lipinski definition) is 3. The van der Waals surface area contributed by atoms with E-state index in [9.17, 15) is 22.4 Å². The number of carbonyl (C=O) groups excluding carboxylic acids is 1. The fraction of sp³-hybridized carbons (Fsp3) is 0.207. The summed E-state index contributed by atoms with van der Waals surface area (Å²) in [5.74, 6) is -1.00. The Hall–Kier alpha value is -4.47. The van der Waals surface area contributed by atoms with Gasteiger partial charge in [0.15, 0.2) is 0 Å². The highest BCUT2D eigenvalue weighted by molar-refractivity contribution is 6.09. The molecule has 0 fully saturated rings. The van der Waals surface area contributed by atoms with Crippen LogP contribution in [0.25, 0.3) is 5.70 Å². The van der Waals surface area contributed by atoms with Crippen LogP contribution in [0.4, 0.5) is 28.9 Å². The van der Waals surface area contributed by atoms with Gasteiger partial charge in [0.2, 0.25) is 0 Å². The first-order valence-electron chi connectivity index (χ1n) is 12.1. The number of nitrogens with one attached hydrogen (secondary N) is 2. The van der Waals surface area contributed by atoms with Gasteiger partial charge >= 0.3 is 6.18 Å². The number of nitrogens with two attached hydrogens (primary N) is 1. The summed E-state index contributed by atoms with van der Waals surface area (Å²) < 4.78 is 55.3. The summed E-state index contributed by atoms with van der Waals surface area (Å²) in [5.41, 5.74) is 7.72. The summed E-state index contributed by atoms with van der Waals surface area (Å²) in [6, 6.07) is 13.3. The van der Waals surface area contributed by atoms with Gasteiger partial charge in [-0.3, -0.25) is 9.78 Å². The van der Waals surface area contributed by atoms with Crippen LogP contribution in [-0.2, 0) is 4.79 Å². The molecule has 0 saturated heterocycles. The summed E-state index contributed by atoms with van der Waals surface area (Å²) in [6.45, 7) is 6.19. The number of halogens is 4. The topological polar surface area (TPSA) is 92.4 Å². The fourth-order valence-corrected chi connectivity index (χ4v) is 3.65. The van der Waals surface area contributed by atoms with Gasteiger partial charge in [0.05, 0.1) is 11.4 Å². The molecular formula is C29H29F4N5O. The Balaban J connectivity index is 2.01. The van der Waals surface area contributed by atoms with Crippen LogP contribution in [0.2, 0.25) is 0 Å². The zero-order valence-electron chi connectivity index (χ0n) is 21.9. The second-order valence-corrected chi connectivity index (χ2v) is 8.82. The van der Waals surface area contributed by atoms with Crippen molar-refractivity contribution in [2.45, 2.75) is 40.3 Å². The lowest BCUT2D eigenvalue weighted by molar-refractivity contribution is -0.112. The minimum absolute atomic E-state index is 0.0344. The van der Waals surface area contributed by atoms with Crippen LogP contribution < -0.4 is 16.4 Å². The Kier molecular flexibility index (Phi) is 9.24. The lowest BCUT2D eigenvalue weighted by atomic mass is 10.0. The number of carbonyl (C=O) groups is 1. The van der Waals surface area contributed by atoms with Crippen molar-refractivity contribution in [3.8, 4) is 0 Å². The Morgan fingerprint density at radius 1 is 1.03 bits per heavy atom. The zero-order valence-corrected chi connectivity index (χ0v) is 21.9. The minimum Gasteiger partial charge on any atom is -0.383 e. The normalized spacial score (nSPS) is 13.4. The Bertz CT molecular complexity index is 1430. The van der Waals surface area contributed by atoms with Crippen molar-refractivity contribution < 1.29 is 22.4 Å². The number of aromatic nitrogens is 1. The molecule has 0 spiro atoms. The van der Waals surface area contributed by atoms with E-state index in [0.717, 1.165) is 17.7 Å². The summed E-state index contributed by atoms with van der Waals surface area (Å²) >= 11 is 0. The van der Waals surface area contributed by atoms with Crippen molar-refractivity contribution in [1.82, 2.24) is 10.3 Å². The largest absolute Gasteiger partial charge is 0.431 e. The lowest BCUT2D eigenvalue weighted by Crippen LogP contribution is -2.29. The summed E-state index contributed by atoms with van der Waals surface area (Å²) in [6.07, 6.45) is -1.39. The number of anilines is 1. The number of benzene rings is 2. The highest BCUT2D eigenvalue weighted by atomic mass is 19.4. The minimum atomic E-state index is -4.69. The van der Waals surface area contributed by atoms with E-state index in [4.69, 9.17) is 5.73 Å². The predicted octanol–water partition coefficient (Wildman–Crippen LogP) is 6.77. The maximum atomic E-state index is 13.9. The number of hydrogen-bond acceptors (Lipinski definition) is 4. The van der Waals surface area contributed by atoms with Crippen LogP contribution in [0, 0.1) is 12.7 Å². The number of nitrogens with zero attached hydrogens (tertiary/aromatic N) is 2. The molecule has 0 unspecified atom stereocenters. The number of pyridine rings is 1. The Morgan fingerprint density at radius 3 is 2.26 bits per heavy atom. The van der Waals surface area contributed by atoms with Gasteiger partial charge in [0.25, 0.3) is 5.91 Å². The Labute approximate surface area is 224 Å². The first-order valence-corrected chi connectivity index (χ1v) is 12.1. The van der Waals surface area contributed by atoms with E-state index in [0.29, 0.717) is 16.9 Å². The number of aliphatic imine (C=N–C) groups is 1. The maximum Gasteiger partial charge on any atom is 0.431 e. The van der Waals surface area contributed by atoms with Crippen LogP contribution in [0.1, 0.15) is 43.9 Å². The van der Waals surface area contributed by atoms with Gasteiger partial charge < -0.3 is 16.4 Å². The molecule has 204 valence electrons. The monoisotopic (exact) mass is 539 g/mol. The molecule has 0 atom stereocenters. The number of amidine groups is 1. The van der Waals surface area contributed by atoms with Crippen LogP contribution in [0.15, 0.2) is 88.8 Å². The third-order valence-corrected chi connectivity index (χ3v) is 6.02. The first-order chi connectivity index (χ1) is 18.4. The van der Waals surface area contributed by atoms with Crippen LogP contribution in [0.3, 0.4) is 0 Å². The van der Waals surface area contributed by atoms with E-state index in [2.05, 4.69) is 20.6 Å². The quantitative estimate of drug-likeness (QED) is 0.127. The number of allylic oxidation sites excluding steroid dienone is 2. The highest BCUT2D eigenvalue weighted by Gasteiger charge is 2.36. The van der Waals surface area contributed by atoms with E-state index in [-0.39, 0.29) is 34.7 Å². The molecule has 3 aromatic rings. The van der Waals surface area contributed by atoms with E-state index >= 15 is 0 Å². The van der Waals surface area contributed by atoms with Gasteiger partial charge in [0.1, 0.15) is 17.3 Å². The van der Waals surface area contributed by atoms with Crippen molar-refractivity contribution in [2.24, 2.45) is 10.7 Å². The highest BCUT2D eigenvalue weighted by Crippen LogP contribution is 2.31. The van der Waals surface area contributed by atoms with Crippen LogP contribution >= 0.6 is 0 Å². The molecular weight excluding hydrogens is 510 g/mol. The van der Waals surface area contributed by atoms with Gasteiger partial charge in [-0.15, -0.1) is 0 Å². The smallest absolute Gasteiger partial charge is 0.383 e. The van der Waals surface area contributed by atoms with Crippen LogP contribution in [-0.4, -0.2) is 22.9 Å². The molecule has 6 nitrogen and oxygen atoms in total. The fourth-order valence-electron chi connectivity index (χ4n) is 3.65. The van der Waals surface area contributed by atoms with Crippen molar-refractivity contribution in [3.63, 3.8) is 0 Å². The summed E-state index contributed by atoms with van der Waals surface area (Å²) in [7, 11) is 0. The van der Waals surface area contributed by atoms with Crippen molar-refractivity contribution in [2.75, 3.05) is 5.32 Å². The number of alkyl halides is 3. The van der Waals surface area contributed by atoms with Gasteiger partial charge in [-0.25, -0.2) is 9.38 Å². The van der Waals surface area contributed by atoms with Gasteiger partial charge in [-0.2, -0.15) is 13.2 Å². The van der Waals surface area contributed by atoms with Gasteiger partial charge in [-0.1, -0.05) is 13.0 Å². The third-order valence-electron chi connectivity index (χ3n) is 6.02. The second-order valence-electron chi connectivity index (χ2n) is 8.82. The van der Waals surface area contributed by atoms with E-state index in [1.54, 1.807) is 49.6 Å². The van der Waals surface area contributed by atoms with Crippen LogP contribution in [0.5, 0.6) is 0 Å². The molecule has 0 bridgehead atoms. The standard InChI is InChI=1S/C29H29F4N5O/c1-5-17(2)26(29(31,32)33)38-25(20-7-9-21(30)10-8-20)19(4)28(39)37-23-11-6-18(3)24(16-23)27(34)36-22-12-14-35-15-13-22/h6-16,38H,5H2,1-4H3,(H,37,39)(H2,34,35,36)/b25-19+,26-17+. The molecule has 4 N–H and O–H groups in total. The average Bonchev–Trinajstić information content (AvgIpc) is 2.90. The zero-order chi connectivity index (χ0) is 28.7. The van der Waals surface area contributed by atoms with Crippen molar-refractivity contribution in [1.29, 1.82) is 0 Å². The molecule has 1 heterocycles. The number of amides is 1. The summed E-state index contributed by atoms with van der Waals surface area (Å²) in [5, 5.41) is 5.14. The van der Waals surface area contributed by atoms with E-state index in [1.807, 2.05) is 6.92 Å². The lowest BCUT2D eigenvalue weighted by Gasteiger charge is -2.21. The molecule has 3 rings (SSSR count). The molecule has 0 saturated carbocycles. The predicted molar refractivity (Wildman–Crippen MR) is 146 cm³/mol. The third kappa shape index (κ3) is 7.53. The number of aryl methyl sites for hydroxylation is 1. The molecule has 0 radical (unpaired) electrons. The molecule has 0 aliphatic carbocycles. The Morgan fingerprint density at radius 2 is 1.67 bits per heavy atom. The molecule has 0 aliphatic heterocycles. The van der Waals surface area contributed by atoms with Gasteiger partial charge in [0, 0.05) is 29.2 Å². The molecule has 1 amide bonds. The molecule has 0 aliphatic rings. The SMILES string of the molecule is CC/C(C)=C(/N/C(=C(\C)C(=O)Nc1ccc(C)c(C(N)=Nc2ccncc2)c1)c1ccc(F)cc1)C(F)(F)F. The molecule has 2 aromatic carbocycles. The number of rotatable bonds is 8. The second kappa shape index (κ2) is 12.4. The summed E-state index contributed by atoms with van der Waals surface area (Å²) in [4.78, 5) is 21.6. The van der Waals surface area contributed by atoms with Gasteiger partial charge in [-0.05, 0) is 92.4 Å². The van der Waals surface area contributed by atoms with Crippen molar-refractivity contribution >= 4 is 28.8 Å². The van der Waals surface area contributed by atoms with E-state index in [1.165, 1.54) is 26.0 Å². The van der Waals surface area contributed by atoms with E-state index < -0.39 is 23.6 Å². The molecule has 1 aromatic heterocycles. The maximum absolute atomic E-state index is 13.9. The first kappa shape index (κ1) is 29.1.